The molecule has 21 heavy (non-hydrogen) atoms. The fraction of sp³-hybridized carbons (Fsp3) is 0.714. The van der Waals surface area contributed by atoms with E-state index < -0.39 is 0 Å². The van der Waals surface area contributed by atoms with Crippen molar-refractivity contribution in [3.05, 3.63) is 5.56 Å². The van der Waals surface area contributed by atoms with Crippen LogP contribution in [0.2, 0.25) is 0 Å². The number of hydrogen-bond donors (Lipinski definition) is 2. The predicted molar refractivity (Wildman–Crippen MR) is 83.9 cm³/mol. The predicted octanol–water partition coefficient (Wildman–Crippen LogP) is 1.62. The molecule has 0 bridgehead atoms. The molecule has 3 rings (SSSR count). The Kier molecular flexibility index (Phi) is 4.30. The van der Waals surface area contributed by atoms with Crippen molar-refractivity contribution < 1.29 is 9.53 Å². The van der Waals surface area contributed by atoms with Gasteiger partial charge in [-0.25, -0.2) is 0 Å². The minimum absolute atomic E-state index is 0.0858. The molecule has 116 valence electrons. The summed E-state index contributed by atoms with van der Waals surface area (Å²) in [6, 6.07) is 0.321. The van der Waals surface area contributed by atoms with E-state index in [0.29, 0.717) is 17.4 Å². The summed E-state index contributed by atoms with van der Waals surface area (Å²) in [7, 11) is 0. The Morgan fingerprint density at radius 1 is 1.52 bits per heavy atom. The van der Waals surface area contributed by atoms with Crippen molar-refractivity contribution in [1.82, 2.24) is 9.69 Å². The number of piperidine rings is 1. The van der Waals surface area contributed by atoms with E-state index in [2.05, 4.69) is 14.6 Å². The summed E-state index contributed by atoms with van der Waals surface area (Å²) in [6.45, 7) is 4.46. The number of nitrogens with two attached hydrogens (primary N) is 1. The largest absolute Gasteiger partial charge is 0.382 e. The zero-order valence-corrected chi connectivity index (χ0v) is 13.1. The Labute approximate surface area is 128 Å². The lowest BCUT2D eigenvalue weighted by molar-refractivity contribution is 0.0527. The van der Waals surface area contributed by atoms with E-state index in [1.807, 2.05) is 6.92 Å². The van der Waals surface area contributed by atoms with E-state index in [1.54, 1.807) is 0 Å². The first kappa shape index (κ1) is 14.6. The van der Waals surface area contributed by atoms with Crippen molar-refractivity contribution in [2.45, 2.75) is 44.8 Å². The zero-order valence-electron chi connectivity index (χ0n) is 12.3. The molecule has 1 aliphatic heterocycles. The number of nitrogens with zero attached hydrogens (tertiary/aromatic N) is 2. The van der Waals surface area contributed by atoms with Crippen molar-refractivity contribution in [3.63, 3.8) is 0 Å². The molecule has 1 saturated carbocycles. The molecular formula is C14H22N4O2S. The standard InChI is InChI=1S/C14H22N4O2S/c1-2-20-10-4-3-7-18(8-10)14-11(12(15)17-21-14)13(19)16-9-5-6-9/h9-10H,2-8H2,1H3,(H2,15,17)(H,16,19). The van der Waals surface area contributed by atoms with Crippen LogP contribution in [0.5, 0.6) is 0 Å². The van der Waals surface area contributed by atoms with E-state index in [1.165, 1.54) is 11.5 Å². The van der Waals surface area contributed by atoms with Gasteiger partial charge in [-0.1, -0.05) is 0 Å². The summed E-state index contributed by atoms with van der Waals surface area (Å²) in [6.07, 6.45) is 4.49. The van der Waals surface area contributed by atoms with Crippen LogP contribution in [0.25, 0.3) is 0 Å². The van der Waals surface area contributed by atoms with Crippen molar-refractivity contribution in [2.24, 2.45) is 0 Å². The minimum Gasteiger partial charge on any atom is -0.382 e. The maximum atomic E-state index is 12.4. The second-order valence-corrected chi connectivity index (χ2v) is 6.41. The van der Waals surface area contributed by atoms with Gasteiger partial charge in [-0.05, 0) is 44.1 Å². The lowest BCUT2D eigenvalue weighted by Crippen LogP contribution is -2.40. The second-order valence-electron chi connectivity index (χ2n) is 5.66. The number of ether oxygens (including phenoxy) is 1. The molecule has 1 unspecified atom stereocenters. The Morgan fingerprint density at radius 3 is 3.05 bits per heavy atom. The SMILES string of the molecule is CCOC1CCCN(c2snc(N)c2C(=O)NC2CC2)C1. The maximum absolute atomic E-state index is 12.4. The van der Waals surface area contributed by atoms with Crippen LogP contribution < -0.4 is 16.0 Å². The number of carbonyl (C=O) groups is 1. The summed E-state index contributed by atoms with van der Waals surface area (Å²) < 4.78 is 9.91. The molecule has 2 heterocycles. The lowest BCUT2D eigenvalue weighted by atomic mass is 10.1. The van der Waals surface area contributed by atoms with Crippen LogP contribution in [0.15, 0.2) is 0 Å². The van der Waals surface area contributed by atoms with E-state index in [4.69, 9.17) is 10.5 Å². The summed E-state index contributed by atoms with van der Waals surface area (Å²) in [5, 5.41) is 3.89. The van der Waals surface area contributed by atoms with Crippen LogP contribution in [0.1, 0.15) is 43.0 Å². The van der Waals surface area contributed by atoms with Gasteiger partial charge < -0.3 is 20.7 Å². The van der Waals surface area contributed by atoms with Gasteiger partial charge in [0.25, 0.3) is 5.91 Å². The number of nitrogen functional groups attached to an aromatic ring is 1. The van der Waals surface area contributed by atoms with E-state index in [-0.39, 0.29) is 12.0 Å². The summed E-state index contributed by atoms with van der Waals surface area (Å²) >= 11 is 1.31. The number of amides is 1. The van der Waals surface area contributed by atoms with Gasteiger partial charge in [0.2, 0.25) is 0 Å². The number of anilines is 2. The molecule has 1 aromatic heterocycles. The molecule has 2 fully saturated rings. The van der Waals surface area contributed by atoms with Crippen molar-refractivity contribution in [2.75, 3.05) is 30.3 Å². The topological polar surface area (TPSA) is 80.5 Å². The average molecular weight is 310 g/mol. The molecular weight excluding hydrogens is 288 g/mol. The molecule has 0 radical (unpaired) electrons. The zero-order chi connectivity index (χ0) is 14.8. The van der Waals surface area contributed by atoms with Crippen molar-refractivity contribution >= 4 is 28.3 Å². The highest BCUT2D eigenvalue weighted by Crippen LogP contribution is 2.33. The maximum Gasteiger partial charge on any atom is 0.258 e. The third-order valence-electron chi connectivity index (χ3n) is 3.91. The molecule has 6 nitrogen and oxygen atoms in total. The number of aromatic nitrogens is 1. The second kappa shape index (κ2) is 6.19. The fourth-order valence-electron chi connectivity index (χ4n) is 2.70. The molecule has 2 aliphatic rings. The molecule has 3 N–H and O–H groups in total. The number of nitrogens with one attached hydrogen (secondary N) is 1. The van der Waals surface area contributed by atoms with Gasteiger partial charge in [-0.3, -0.25) is 4.79 Å². The quantitative estimate of drug-likeness (QED) is 0.864. The van der Waals surface area contributed by atoms with Crippen LogP contribution in [0.4, 0.5) is 10.8 Å². The Balaban J connectivity index is 1.76. The van der Waals surface area contributed by atoms with Crippen molar-refractivity contribution in [1.29, 1.82) is 0 Å². The molecule has 1 saturated heterocycles. The van der Waals surface area contributed by atoms with E-state index >= 15 is 0 Å². The summed E-state index contributed by atoms with van der Waals surface area (Å²) in [4.78, 5) is 14.6. The van der Waals surface area contributed by atoms with Gasteiger partial charge in [0, 0.05) is 25.7 Å². The molecule has 0 spiro atoms. The van der Waals surface area contributed by atoms with Gasteiger partial charge in [0.1, 0.15) is 10.6 Å². The Bertz CT molecular complexity index is 513. The van der Waals surface area contributed by atoms with Gasteiger partial charge in [0.05, 0.1) is 6.10 Å². The molecule has 1 aromatic rings. The Hall–Kier alpha value is -1.34. The number of carbonyl (C=O) groups excluding carboxylic acids is 1. The van der Waals surface area contributed by atoms with Crippen LogP contribution >= 0.6 is 11.5 Å². The van der Waals surface area contributed by atoms with Crippen LogP contribution in [0, 0.1) is 0 Å². The van der Waals surface area contributed by atoms with Gasteiger partial charge in [0.15, 0.2) is 5.82 Å². The highest BCUT2D eigenvalue weighted by Gasteiger charge is 2.30. The highest BCUT2D eigenvalue weighted by atomic mass is 32.1. The smallest absolute Gasteiger partial charge is 0.258 e. The van der Waals surface area contributed by atoms with E-state index in [9.17, 15) is 4.79 Å². The van der Waals surface area contributed by atoms with E-state index in [0.717, 1.165) is 50.4 Å². The third kappa shape index (κ3) is 3.29. The van der Waals surface area contributed by atoms with Gasteiger partial charge in [-0.15, -0.1) is 0 Å². The first-order valence-corrected chi connectivity index (χ1v) is 8.39. The molecule has 7 heteroatoms. The molecule has 1 atom stereocenters. The number of rotatable bonds is 5. The third-order valence-corrected chi connectivity index (χ3v) is 4.83. The molecule has 1 amide bonds. The summed E-state index contributed by atoms with van der Waals surface area (Å²) in [5.41, 5.74) is 6.46. The van der Waals surface area contributed by atoms with Crippen molar-refractivity contribution in [3.8, 4) is 0 Å². The number of hydrogen-bond acceptors (Lipinski definition) is 6. The first-order valence-electron chi connectivity index (χ1n) is 7.61. The molecule has 1 aliphatic carbocycles. The van der Waals surface area contributed by atoms with Gasteiger partial charge >= 0.3 is 0 Å². The lowest BCUT2D eigenvalue weighted by Gasteiger charge is -2.33. The summed E-state index contributed by atoms with van der Waals surface area (Å²) in [5.74, 6) is 0.254. The van der Waals surface area contributed by atoms with Crippen LogP contribution in [0.3, 0.4) is 0 Å². The van der Waals surface area contributed by atoms with Crippen LogP contribution in [-0.2, 0) is 4.74 Å². The normalized spacial score (nSPS) is 22.3. The highest BCUT2D eigenvalue weighted by molar-refractivity contribution is 7.11. The van der Waals surface area contributed by atoms with Gasteiger partial charge in [-0.2, -0.15) is 4.37 Å². The first-order chi connectivity index (χ1) is 10.2. The molecule has 0 aromatic carbocycles. The minimum atomic E-state index is -0.0858. The fourth-order valence-corrected chi connectivity index (χ4v) is 3.55. The monoisotopic (exact) mass is 310 g/mol. The average Bonchev–Trinajstić information content (AvgIpc) is 3.19. The Morgan fingerprint density at radius 2 is 2.33 bits per heavy atom. The van der Waals surface area contributed by atoms with Crippen LogP contribution in [-0.4, -0.2) is 42.1 Å².